The predicted molar refractivity (Wildman–Crippen MR) is 80.4 cm³/mol. The molecule has 2 aromatic rings. The number of nitrogen functional groups attached to an aromatic ring is 1. The zero-order valence-electron chi connectivity index (χ0n) is 10.7. The smallest absolute Gasteiger partial charge is 0.264 e. The van der Waals surface area contributed by atoms with E-state index in [0.717, 1.165) is 16.7 Å². The lowest BCUT2D eigenvalue weighted by molar-refractivity contribution is 0.0952. The summed E-state index contributed by atoms with van der Waals surface area (Å²) in [6.07, 6.45) is 1.41. The minimum absolute atomic E-state index is 0.0791. The van der Waals surface area contributed by atoms with Crippen LogP contribution in [0.1, 0.15) is 9.67 Å². The van der Waals surface area contributed by atoms with Crippen LogP contribution in [0.5, 0.6) is 0 Å². The van der Waals surface area contributed by atoms with Crippen molar-refractivity contribution in [3.05, 3.63) is 40.4 Å². The van der Waals surface area contributed by atoms with Crippen LogP contribution in [0.15, 0.2) is 29.7 Å². The van der Waals surface area contributed by atoms with Crippen LogP contribution in [0.2, 0.25) is 0 Å². The molecular formula is C13H11FN2O3S2. The highest BCUT2D eigenvalue weighted by atomic mass is 32.2. The second-order valence-electron chi connectivity index (χ2n) is 4.70. The zero-order chi connectivity index (χ0) is 15.2. The molecule has 5 nitrogen and oxygen atoms in total. The lowest BCUT2D eigenvalue weighted by Gasteiger charge is -2.09. The van der Waals surface area contributed by atoms with Crippen molar-refractivity contribution < 1.29 is 17.6 Å². The lowest BCUT2D eigenvalue weighted by atomic mass is 10.2. The number of halogens is 1. The predicted octanol–water partition coefficient (Wildman–Crippen LogP) is 1.66. The highest BCUT2D eigenvalue weighted by Gasteiger charge is 2.25. The molecule has 110 valence electrons. The van der Waals surface area contributed by atoms with E-state index in [-0.39, 0.29) is 21.7 Å². The Balaban J connectivity index is 1.91. The summed E-state index contributed by atoms with van der Waals surface area (Å²) in [5, 5.41) is 3.87. The average Bonchev–Trinajstić information content (AvgIpc) is 2.91. The first-order valence-electron chi connectivity index (χ1n) is 6.06. The Bertz CT molecular complexity index is 871. The number of fused-ring (bicyclic) bond motifs is 1. The minimum atomic E-state index is -3.25. The van der Waals surface area contributed by atoms with Crippen molar-refractivity contribution in [2.45, 2.75) is 6.04 Å². The summed E-state index contributed by atoms with van der Waals surface area (Å²) in [7, 11) is -3.25. The first kappa shape index (κ1) is 14.0. The molecular weight excluding hydrogens is 315 g/mol. The Morgan fingerprint density at radius 2 is 2.19 bits per heavy atom. The van der Waals surface area contributed by atoms with Crippen molar-refractivity contribution in [1.82, 2.24) is 5.32 Å². The Kier molecular flexibility index (Phi) is 3.22. The molecule has 0 spiro atoms. The number of sulfone groups is 1. The van der Waals surface area contributed by atoms with E-state index < -0.39 is 27.6 Å². The Hall–Kier alpha value is -1.93. The summed E-state index contributed by atoms with van der Waals surface area (Å²) in [6.45, 7) is 0. The van der Waals surface area contributed by atoms with Crippen LogP contribution in [0.4, 0.5) is 10.1 Å². The molecule has 0 fully saturated rings. The molecule has 3 rings (SSSR count). The van der Waals surface area contributed by atoms with Gasteiger partial charge >= 0.3 is 0 Å². The maximum Gasteiger partial charge on any atom is 0.264 e. The third-order valence-electron chi connectivity index (χ3n) is 3.15. The summed E-state index contributed by atoms with van der Waals surface area (Å²) >= 11 is 1.08. The second kappa shape index (κ2) is 4.81. The van der Waals surface area contributed by atoms with Gasteiger partial charge in [0.2, 0.25) is 0 Å². The van der Waals surface area contributed by atoms with Gasteiger partial charge in [0.1, 0.15) is 10.7 Å². The van der Waals surface area contributed by atoms with Gasteiger partial charge in [0.25, 0.3) is 5.91 Å². The molecule has 0 saturated carbocycles. The molecule has 1 aromatic heterocycles. The quantitative estimate of drug-likeness (QED) is 0.878. The number of hydrogen-bond acceptors (Lipinski definition) is 5. The molecule has 0 radical (unpaired) electrons. The van der Waals surface area contributed by atoms with E-state index in [4.69, 9.17) is 5.73 Å². The third kappa shape index (κ3) is 2.52. The summed E-state index contributed by atoms with van der Waals surface area (Å²) in [6, 6.07) is 3.91. The molecule has 1 amide bonds. The van der Waals surface area contributed by atoms with E-state index in [0.29, 0.717) is 4.70 Å². The standard InChI is InChI=1S/C13H11FN2O3S2/c14-8-2-1-3-9-10(8)11(15)12(20-9)13(17)16-7-4-5-21(18,19)6-7/h1-5,7H,6,15H2,(H,16,17). The third-order valence-corrected chi connectivity index (χ3v) is 5.72. The van der Waals surface area contributed by atoms with E-state index in [2.05, 4.69) is 5.32 Å². The van der Waals surface area contributed by atoms with Crippen LogP contribution in [0.25, 0.3) is 10.1 Å². The zero-order valence-corrected chi connectivity index (χ0v) is 12.3. The Morgan fingerprint density at radius 3 is 2.81 bits per heavy atom. The van der Waals surface area contributed by atoms with E-state index in [1.165, 1.54) is 12.1 Å². The van der Waals surface area contributed by atoms with Crippen molar-refractivity contribution in [2.24, 2.45) is 0 Å². The number of rotatable bonds is 2. The Labute approximate surface area is 124 Å². The summed E-state index contributed by atoms with van der Waals surface area (Å²) < 4.78 is 36.9. The lowest BCUT2D eigenvalue weighted by Crippen LogP contribution is -2.35. The number of carbonyl (C=O) groups is 1. The highest BCUT2D eigenvalue weighted by molar-refractivity contribution is 7.94. The molecule has 1 atom stereocenters. The molecule has 1 aliphatic rings. The number of benzene rings is 1. The second-order valence-corrected chi connectivity index (χ2v) is 7.68. The maximum absolute atomic E-state index is 13.7. The minimum Gasteiger partial charge on any atom is -0.397 e. The van der Waals surface area contributed by atoms with Crippen LogP contribution in [-0.2, 0) is 9.84 Å². The van der Waals surface area contributed by atoms with Crippen LogP contribution in [0, 0.1) is 5.82 Å². The van der Waals surface area contributed by atoms with Gasteiger partial charge in [-0.3, -0.25) is 4.79 Å². The first-order chi connectivity index (χ1) is 9.87. The van der Waals surface area contributed by atoms with Gasteiger partial charge in [-0.25, -0.2) is 12.8 Å². The van der Waals surface area contributed by atoms with Crippen LogP contribution >= 0.6 is 11.3 Å². The number of thiophene rings is 1. The molecule has 1 unspecified atom stereocenters. The van der Waals surface area contributed by atoms with Crippen molar-refractivity contribution >= 4 is 42.9 Å². The number of anilines is 1. The monoisotopic (exact) mass is 326 g/mol. The number of carbonyl (C=O) groups excluding carboxylic acids is 1. The topological polar surface area (TPSA) is 89.3 Å². The fourth-order valence-electron chi connectivity index (χ4n) is 2.20. The fraction of sp³-hybridized carbons (Fsp3) is 0.154. The molecule has 1 aromatic carbocycles. The largest absolute Gasteiger partial charge is 0.397 e. The van der Waals surface area contributed by atoms with E-state index >= 15 is 0 Å². The van der Waals surface area contributed by atoms with Gasteiger partial charge in [0.15, 0.2) is 9.84 Å². The Morgan fingerprint density at radius 1 is 1.43 bits per heavy atom. The summed E-state index contributed by atoms with van der Waals surface area (Å²) in [5.74, 6) is -1.15. The summed E-state index contributed by atoms with van der Waals surface area (Å²) in [5.41, 5.74) is 5.92. The summed E-state index contributed by atoms with van der Waals surface area (Å²) in [4.78, 5) is 12.4. The molecule has 0 bridgehead atoms. The van der Waals surface area contributed by atoms with Crippen molar-refractivity contribution in [2.75, 3.05) is 11.5 Å². The van der Waals surface area contributed by atoms with Crippen LogP contribution in [-0.4, -0.2) is 26.1 Å². The number of amides is 1. The molecule has 8 heteroatoms. The van der Waals surface area contributed by atoms with Gasteiger partial charge < -0.3 is 11.1 Å². The van der Waals surface area contributed by atoms with Crippen LogP contribution in [0.3, 0.4) is 0 Å². The van der Waals surface area contributed by atoms with Crippen molar-refractivity contribution in [3.8, 4) is 0 Å². The number of hydrogen-bond donors (Lipinski definition) is 2. The molecule has 21 heavy (non-hydrogen) atoms. The molecule has 0 aliphatic carbocycles. The van der Waals surface area contributed by atoms with Gasteiger partial charge in [-0.2, -0.15) is 0 Å². The maximum atomic E-state index is 13.7. The highest BCUT2D eigenvalue weighted by Crippen LogP contribution is 2.35. The fourth-order valence-corrected chi connectivity index (χ4v) is 4.47. The van der Waals surface area contributed by atoms with Gasteiger partial charge in [-0.05, 0) is 18.2 Å². The molecule has 0 saturated heterocycles. The number of nitrogens with two attached hydrogens (primary N) is 1. The normalized spacial score (nSPS) is 20.0. The first-order valence-corrected chi connectivity index (χ1v) is 8.59. The van der Waals surface area contributed by atoms with E-state index in [1.54, 1.807) is 12.1 Å². The van der Waals surface area contributed by atoms with Gasteiger partial charge in [0.05, 0.1) is 22.9 Å². The van der Waals surface area contributed by atoms with Crippen molar-refractivity contribution in [1.29, 1.82) is 0 Å². The average molecular weight is 326 g/mol. The molecule has 3 N–H and O–H groups in total. The van der Waals surface area contributed by atoms with Crippen LogP contribution < -0.4 is 11.1 Å². The SMILES string of the molecule is Nc1c(C(=O)NC2C=CS(=O)(=O)C2)sc2cccc(F)c12. The van der Waals surface area contributed by atoms with E-state index in [1.807, 2.05) is 0 Å². The van der Waals surface area contributed by atoms with E-state index in [9.17, 15) is 17.6 Å². The van der Waals surface area contributed by atoms with Gasteiger partial charge in [-0.1, -0.05) is 6.07 Å². The molecule has 2 heterocycles. The van der Waals surface area contributed by atoms with Crippen molar-refractivity contribution in [3.63, 3.8) is 0 Å². The van der Waals surface area contributed by atoms with Gasteiger partial charge in [-0.15, -0.1) is 11.3 Å². The van der Waals surface area contributed by atoms with Gasteiger partial charge in [0, 0.05) is 10.1 Å². The molecule has 1 aliphatic heterocycles. The number of nitrogens with one attached hydrogen (secondary N) is 1.